The van der Waals surface area contributed by atoms with E-state index in [4.69, 9.17) is 21.3 Å². The van der Waals surface area contributed by atoms with Gasteiger partial charge >= 0.3 is 0 Å². The Kier molecular flexibility index (Phi) is 6.31. The third-order valence-electron chi connectivity index (χ3n) is 4.52. The van der Waals surface area contributed by atoms with Gasteiger partial charge in [0.1, 0.15) is 11.5 Å². The van der Waals surface area contributed by atoms with E-state index in [0.717, 1.165) is 11.4 Å². The average Bonchev–Trinajstić information content (AvgIpc) is 2.67. The number of nitrogens with zero attached hydrogens (tertiary/aromatic N) is 4. The van der Waals surface area contributed by atoms with Gasteiger partial charge < -0.3 is 9.64 Å². The zero-order chi connectivity index (χ0) is 19.4. The summed E-state index contributed by atoms with van der Waals surface area (Å²) in [4.78, 5) is 11.2. The van der Waals surface area contributed by atoms with Crippen LogP contribution in [-0.4, -0.2) is 68.3 Å². The highest BCUT2D eigenvalue weighted by molar-refractivity contribution is 7.89. The number of aromatic nitrogens is 2. The fourth-order valence-electron chi connectivity index (χ4n) is 3.07. The predicted molar refractivity (Wildman–Crippen MR) is 107 cm³/mol. The Morgan fingerprint density at radius 3 is 2.59 bits per heavy atom. The molecule has 0 saturated carbocycles. The maximum Gasteiger partial charge on any atom is 0.216 e. The largest absolute Gasteiger partial charge is 0.384 e. The lowest BCUT2D eigenvalue weighted by Crippen LogP contribution is -2.50. The van der Waals surface area contributed by atoms with Crippen LogP contribution in [0.25, 0.3) is 11.4 Å². The quantitative estimate of drug-likeness (QED) is 0.726. The molecule has 1 aliphatic heterocycles. The zero-order valence-electron chi connectivity index (χ0n) is 15.4. The van der Waals surface area contributed by atoms with Crippen LogP contribution in [0.1, 0.15) is 5.56 Å². The van der Waals surface area contributed by atoms with Gasteiger partial charge in [-0.25, -0.2) is 13.4 Å². The minimum Gasteiger partial charge on any atom is -0.384 e. The van der Waals surface area contributed by atoms with E-state index < -0.39 is 10.0 Å². The molecule has 2 aromatic rings. The summed E-state index contributed by atoms with van der Waals surface area (Å²) in [6, 6.07) is 7.49. The van der Waals surface area contributed by atoms with Crippen molar-refractivity contribution >= 4 is 27.4 Å². The van der Waals surface area contributed by atoms with E-state index in [1.807, 2.05) is 31.2 Å². The summed E-state index contributed by atoms with van der Waals surface area (Å²) in [7, 11) is -1.79. The van der Waals surface area contributed by atoms with Crippen LogP contribution in [0.5, 0.6) is 0 Å². The molecule has 1 saturated heterocycles. The first-order chi connectivity index (χ1) is 12.9. The molecule has 1 aliphatic rings. The van der Waals surface area contributed by atoms with Crippen molar-refractivity contribution < 1.29 is 13.2 Å². The molecule has 0 aromatic carbocycles. The maximum atomic E-state index is 12.3. The van der Waals surface area contributed by atoms with E-state index in [1.165, 1.54) is 11.4 Å². The van der Waals surface area contributed by atoms with Gasteiger partial charge in [0.2, 0.25) is 10.0 Å². The molecule has 3 rings (SSSR count). The molecule has 1 fully saturated rings. The lowest BCUT2D eigenvalue weighted by atomic mass is 10.2. The van der Waals surface area contributed by atoms with Crippen LogP contribution in [-0.2, 0) is 14.8 Å². The van der Waals surface area contributed by atoms with Crippen LogP contribution < -0.4 is 4.90 Å². The van der Waals surface area contributed by atoms with Crippen molar-refractivity contribution in [1.82, 2.24) is 14.3 Å². The fourth-order valence-corrected chi connectivity index (χ4v) is 4.73. The number of anilines is 1. The van der Waals surface area contributed by atoms with E-state index in [1.54, 1.807) is 6.20 Å². The van der Waals surface area contributed by atoms with Crippen LogP contribution in [0.15, 0.2) is 30.5 Å². The highest BCUT2D eigenvalue weighted by atomic mass is 35.5. The highest BCUT2D eigenvalue weighted by Gasteiger charge is 2.28. The summed E-state index contributed by atoms with van der Waals surface area (Å²) < 4.78 is 31.1. The fraction of sp³-hybridized carbons (Fsp3) is 0.444. The van der Waals surface area contributed by atoms with Gasteiger partial charge in [-0.15, -0.1) is 0 Å². The Labute approximate surface area is 165 Å². The Hall–Kier alpha value is -1.74. The third kappa shape index (κ3) is 4.57. The Morgan fingerprint density at radius 2 is 1.96 bits per heavy atom. The number of sulfonamides is 1. The van der Waals surface area contributed by atoms with Gasteiger partial charge in [-0.2, -0.15) is 4.31 Å². The number of halogens is 1. The minimum absolute atomic E-state index is 0.00550. The molecule has 9 heteroatoms. The van der Waals surface area contributed by atoms with Crippen molar-refractivity contribution in [3.8, 4) is 11.4 Å². The molecule has 0 aliphatic carbocycles. The molecule has 0 spiro atoms. The lowest BCUT2D eigenvalue weighted by molar-refractivity contribution is 0.215. The van der Waals surface area contributed by atoms with Gasteiger partial charge in [-0.05, 0) is 30.7 Å². The Morgan fingerprint density at radius 1 is 1.22 bits per heavy atom. The summed E-state index contributed by atoms with van der Waals surface area (Å²) in [6.07, 6.45) is 1.70. The van der Waals surface area contributed by atoms with E-state index in [-0.39, 0.29) is 12.4 Å². The van der Waals surface area contributed by atoms with E-state index in [0.29, 0.717) is 42.6 Å². The molecule has 146 valence electrons. The van der Waals surface area contributed by atoms with E-state index >= 15 is 0 Å². The first kappa shape index (κ1) is 20.0. The number of hydrogen-bond acceptors (Lipinski definition) is 6. The number of pyridine rings is 2. The van der Waals surface area contributed by atoms with Gasteiger partial charge in [0.25, 0.3) is 0 Å². The minimum atomic E-state index is -3.29. The third-order valence-corrected chi connectivity index (χ3v) is 6.65. The molecule has 0 amide bonds. The Bertz CT molecular complexity index is 885. The second-order valence-corrected chi connectivity index (χ2v) is 8.86. The first-order valence-electron chi connectivity index (χ1n) is 8.72. The molecular formula is C18H23ClN4O3S. The van der Waals surface area contributed by atoms with Crippen LogP contribution in [0, 0.1) is 6.92 Å². The molecule has 7 nitrogen and oxygen atoms in total. The van der Waals surface area contributed by atoms with Gasteiger partial charge in [-0.3, -0.25) is 4.98 Å². The van der Waals surface area contributed by atoms with Crippen molar-refractivity contribution in [3.63, 3.8) is 0 Å². The highest BCUT2D eigenvalue weighted by Crippen LogP contribution is 2.30. The smallest absolute Gasteiger partial charge is 0.216 e. The summed E-state index contributed by atoms with van der Waals surface area (Å²) in [5.41, 5.74) is 2.30. The molecule has 0 N–H and O–H groups in total. The van der Waals surface area contributed by atoms with Gasteiger partial charge in [0.15, 0.2) is 0 Å². The number of hydrogen-bond donors (Lipinski definition) is 0. The van der Waals surface area contributed by atoms with Gasteiger partial charge in [0.05, 0.1) is 23.1 Å². The molecule has 0 bridgehead atoms. The molecule has 0 atom stereocenters. The molecule has 2 aromatic heterocycles. The van der Waals surface area contributed by atoms with Crippen LogP contribution in [0.3, 0.4) is 0 Å². The monoisotopic (exact) mass is 410 g/mol. The lowest BCUT2D eigenvalue weighted by Gasteiger charge is -2.35. The number of methoxy groups -OCH3 is 1. The number of aryl methyl sites for hydroxylation is 1. The van der Waals surface area contributed by atoms with Crippen molar-refractivity contribution in [2.45, 2.75) is 6.92 Å². The number of piperazine rings is 1. The van der Waals surface area contributed by atoms with Crippen molar-refractivity contribution in [1.29, 1.82) is 0 Å². The Balaban J connectivity index is 1.78. The molecule has 27 heavy (non-hydrogen) atoms. The van der Waals surface area contributed by atoms with Crippen LogP contribution >= 0.6 is 11.6 Å². The van der Waals surface area contributed by atoms with E-state index in [9.17, 15) is 8.42 Å². The van der Waals surface area contributed by atoms with Crippen molar-refractivity contribution in [3.05, 3.63) is 41.0 Å². The predicted octanol–water partition coefficient (Wildman–Crippen LogP) is 2.20. The van der Waals surface area contributed by atoms with Crippen molar-refractivity contribution in [2.24, 2.45) is 0 Å². The maximum absolute atomic E-state index is 12.3. The second-order valence-electron chi connectivity index (χ2n) is 6.37. The van der Waals surface area contributed by atoms with Gasteiger partial charge in [-0.1, -0.05) is 17.7 Å². The van der Waals surface area contributed by atoms with Crippen LogP contribution in [0.4, 0.5) is 5.82 Å². The molecule has 0 unspecified atom stereocenters. The van der Waals surface area contributed by atoms with E-state index in [2.05, 4.69) is 9.88 Å². The number of rotatable bonds is 6. The van der Waals surface area contributed by atoms with Crippen LogP contribution in [0.2, 0.25) is 5.02 Å². The van der Waals surface area contributed by atoms with Gasteiger partial charge in [0, 0.05) is 39.5 Å². The molecule has 0 radical (unpaired) electrons. The topological polar surface area (TPSA) is 75.6 Å². The SMILES string of the molecule is COCCS(=O)(=O)N1CCN(c2nc(-c3ccccn3)c(Cl)cc2C)CC1. The standard InChI is InChI=1S/C18H23ClN4O3S/c1-14-13-15(19)17(16-5-3-4-6-20-16)21-18(14)22-7-9-23(10-8-22)27(24,25)12-11-26-2/h3-6,13H,7-12H2,1-2H3. The molecular weight excluding hydrogens is 388 g/mol. The summed E-state index contributed by atoms with van der Waals surface area (Å²) in [5.74, 6) is 0.819. The normalized spacial score (nSPS) is 15.9. The van der Waals surface area contributed by atoms with Crippen molar-refractivity contribution in [2.75, 3.05) is 50.5 Å². The first-order valence-corrected chi connectivity index (χ1v) is 10.7. The summed E-state index contributed by atoms with van der Waals surface area (Å²) in [5, 5.41) is 0.552. The average molecular weight is 411 g/mol. The summed E-state index contributed by atoms with van der Waals surface area (Å²) in [6.45, 7) is 4.15. The second kappa shape index (κ2) is 8.52. The number of ether oxygens (including phenoxy) is 1. The zero-order valence-corrected chi connectivity index (χ0v) is 17.0. The molecule has 3 heterocycles. The summed E-state index contributed by atoms with van der Waals surface area (Å²) >= 11 is 6.39.